The Balaban J connectivity index is 2.13. The minimum atomic E-state index is 0.0174. The van der Waals surface area contributed by atoms with Crippen LogP contribution >= 0.6 is 11.3 Å². The van der Waals surface area contributed by atoms with Crippen molar-refractivity contribution in [2.45, 2.75) is 12.3 Å². The molecule has 1 aliphatic rings. The van der Waals surface area contributed by atoms with Crippen LogP contribution in [-0.2, 0) is 4.79 Å². The number of anilines is 1. The maximum absolute atomic E-state index is 11.9. The maximum Gasteiger partial charge on any atom is 0.225 e. The van der Waals surface area contributed by atoms with Gasteiger partial charge in [0.1, 0.15) is 0 Å². The van der Waals surface area contributed by atoms with Gasteiger partial charge in [-0.25, -0.2) is 0 Å². The molecule has 4 nitrogen and oxygen atoms in total. The summed E-state index contributed by atoms with van der Waals surface area (Å²) in [4.78, 5) is 13.0. The van der Waals surface area contributed by atoms with E-state index < -0.39 is 0 Å². The zero-order valence-corrected chi connectivity index (χ0v) is 12.1. The first-order valence-electron chi connectivity index (χ1n) is 6.32. The topological polar surface area (TPSA) is 47.6 Å². The van der Waals surface area contributed by atoms with Crippen LogP contribution in [0, 0.1) is 0 Å². The number of benzene rings is 1. The zero-order chi connectivity index (χ0) is 14.1. The lowest BCUT2D eigenvalue weighted by Gasteiger charge is -2.25. The fraction of sp³-hybridized carbons (Fsp3) is 0.267. The van der Waals surface area contributed by atoms with Crippen molar-refractivity contribution in [3.8, 4) is 11.5 Å². The van der Waals surface area contributed by atoms with E-state index in [1.54, 1.807) is 25.6 Å². The lowest BCUT2D eigenvalue weighted by Crippen LogP contribution is -2.22. The van der Waals surface area contributed by atoms with Gasteiger partial charge in [-0.05, 0) is 17.5 Å². The van der Waals surface area contributed by atoms with Crippen LogP contribution in [0.1, 0.15) is 22.8 Å². The van der Waals surface area contributed by atoms with E-state index in [1.807, 2.05) is 29.6 Å². The lowest BCUT2D eigenvalue weighted by atomic mass is 9.90. The Morgan fingerprint density at radius 1 is 1.25 bits per heavy atom. The van der Waals surface area contributed by atoms with E-state index in [4.69, 9.17) is 9.47 Å². The average molecular weight is 289 g/mol. The largest absolute Gasteiger partial charge is 0.493 e. The van der Waals surface area contributed by atoms with Crippen LogP contribution in [0.15, 0.2) is 29.6 Å². The molecule has 0 aliphatic carbocycles. The number of carbonyl (C=O) groups is 1. The van der Waals surface area contributed by atoms with Gasteiger partial charge < -0.3 is 14.8 Å². The summed E-state index contributed by atoms with van der Waals surface area (Å²) in [5.74, 6) is 1.44. The summed E-state index contributed by atoms with van der Waals surface area (Å²) < 4.78 is 10.8. The number of rotatable bonds is 3. The van der Waals surface area contributed by atoms with Gasteiger partial charge in [0.2, 0.25) is 5.91 Å². The van der Waals surface area contributed by atoms with Crippen molar-refractivity contribution in [1.29, 1.82) is 0 Å². The second-order valence-corrected chi connectivity index (χ2v) is 5.53. The SMILES string of the molecule is COc1cccc([C@@H]2CC(=O)Nc3ccsc32)c1OC. The fourth-order valence-corrected chi connectivity index (χ4v) is 3.58. The van der Waals surface area contributed by atoms with Gasteiger partial charge in [0, 0.05) is 22.8 Å². The van der Waals surface area contributed by atoms with E-state index >= 15 is 0 Å². The number of thiophene rings is 1. The van der Waals surface area contributed by atoms with E-state index in [2.05, 4.69) is 5.32 Å². The molecule has 0 fully saturated rings. The summed E-state index contributed by atoms with van der Waals surface area (Å²) >= 11 is 1.65. The number of hydrogen-bond acceptors (Lipinski definition) is 4. The molecule has 0 spiro atoms. The maximum atomic E-state index is 11.9. The van der Waals surface area contributed by atoms with Crippen molar-refractivity contribution in [2.75, 3.05) is 19.5 Å². The van der Waals surface area contributed by atoms with Crippen molar-refractivity contribution >= 4 is 22.9 Å². The van der Waals surface area contributed by atoms with Crippen LogP contribution in [0.3, 0.4) is 0 Å². The Morgan fingerprint density at radius 3 is 2.85 bits per heavy atom. The van der Waals surface area contributed by atoms with Crippen LogP contribution in [0.25, 0.3) is 0 Å². The summed E-state index contributed by atoms with van der Waals surface area (Å²) in [6, 6.07) is 7.72. The summed E-state index contributed by atoms with van der Waals surface area (Å²) in [5, 5.41) is 4.90. The van der Waals surface area contributed by atoms with Gasteiger partial charge in [-0.2, -0.15) is 0 Å². The molecular weight excluding hydrogens is 274 g/mol. The first-order chi connectivity index (χ1) is 9.74. The summed E-state index contributed by atoms with van der Waals surface area (Å²) in [5.41, 5.74) is 1.89. The van der Waals surface area contributed by atoms with Crippen LogP contribution < -0.4 is 14.8 Å². The third kappa shape index (κ3) is 2.04. The van der Waals surface area contributed by atoms with E-state index in [-0.39, 0.29) is 11.8 Å². The van der Waals surface area contributed by atoms with Crippen molar-refractivity contribution in [2.24, 2.45) is 0 Å². The first-order valence-corrected chi connectivity index (χ1v) is 7.20. The molecule has 0 saturated heterocycles. The molecule has 0 saturated carbocycles. The highest BCUT2D eigenvalue weighted by Crippen LogP contribution is 2.45. The van der Waals surface area contributed by atoms with Crippen LogP contribution in [0.2, 0.25) is 0 Å². The molecule has 20 heavy (non-hydrogen) atoms. The van der Waals surface area contributed by atoms with Gasteiger partial charge in [0.25, 0.3) is 0 Å². The number of carbonyl (C=O) groups excluding carboxylic acids is 1. The molecule has 0 radical (unpaired) electrons. The number of amides is 1. The molecule has 1 aromatic carbocycles. The normalized spacial score (nSPS) is 17.3. The fourth-order valence-electron chi connectivity index (χ4n) is 2.61. The van der Waals surface area contributed by atoms with Gasteiger partial charge in [0.05, 0.1) is 19.9 Å². The number of methoxy groups -OCH3 is 2. The number of para-hydroxylation sites is 1. The van der Waals surface area contributed by atoms with Gasteiger partial charge in [-0.15, -0.1) is 11.3 Å². The van der Waals surface area contributed by atoms with E-state index in [1.165, 1.54) is 0 Å². The second kappa shape index (κ2) is 5.17. The van der Waals surface area contributed by atoms with Gasteiger partial charge in [-0.1, -0.05) is 12.1 Å². The monoisotopic (exact) mass is 289 g/mol. The predicted molar refractivity (Wildman–Crippen MR) is 79.0 cm³/mol. The molecule has 1 amide bonds. The highest BCUT2D eigenvalue weighted by molar-refractivity contribution is 7.10. The molecule has 1 atom stereocenters. The van der Waals surface area contributed by atoms with Gasteiger partial charge in [-0.3, -0.25) is 4.79 Å². The van der Waals surface area contributed by atoms with Crippen molar-refractivity contribution in [3.63, 3.8) is 0 Å². The average Bonchev–Trinajstić information content (AvgIpc) is 2.93. The number of ether oxygens (including phenoxy) is 2. The Kier molecular flexibility index (Phi) is 3.36. The summed E-state index contributed by atoms with van der Waals surface area (Å²) in [7, 11) is 3.24. The molecule has 0 bridgehead atoms. The molecule has 104 valence electrons. The molecule has 3 rings (SSSR count). The Bertz CT molecular complexity index is 650. The summed E-state index contributed by atoms with van der Waals surface area (Å²) in [6.45, 7) is 0. The first kappa shape index (κ1) is 13.0. The lowest BCUT2D eigenvalue weighted by molar-refractivity contribution is -0.116. The molecule has 0 unspecified atom stereocenters. The van der Waals surface area contributed by atoms with Gasteiger partial charge in [0.15, 0.2) is 11.5 Å². The van der Waals surface area contributed by atoms with Crippen LogP contribution in [0.4, 0.5) is 5.69 Å². The smallest absolute Gasteiger partial charge is 0.225 e. The standard InChI is InChI=1S/C15H15NO3S/c1-18-12-5-3-4-9(14(12)19-2)10-8-13(17)16-11-6-7-20-15(10)11/h3-7,10H,8H2,1-2H3,(H,16,17)/t10-/m0/s1. The van der Waals surface area contributed by atoms with Crippen molar-refractivity contribution < 1.29 is 14.3 Å². The highest BCUT2D eigenvalue weighted by Gasteiger charge is 2.30. The minimum absolute atomic E-state index is 0.0174. The quantitative estimate of drug-likeness (QED) is 0.943. The Morgan fingerprint density at radius 2 is 2.10 bits per heavy atom. The van der Waals surface area contributed by atoms with Crippen molar-refractivity contribution in [1.82, 2.24) is 0 Å². The second-order valence-electron chi connectivity index (χ2n) is 4.59. The van der Waals surface area contributed by atoms with Crippen LogP contribution in [-0.4, -0.2) is 20.1 Å². The molecule has 5 heteroatoms. The zero-order valence-electron chi connectivity index (χ0n) is 11.3. The Hall–Kier alpha value is -2.01. The molecule has 2 aromatic rings. The molecule has 2 heterocycles. The predicted octanol–water partition coefficient (Wildman–Crippen LogP) is 3.24. The molecule has 1 N–H and O–H groups in total. The molecular formula is C15H15NO3S. The van der Waals surface area contributed by atoms with Crippen molar-refractivity contribution in [3.05, 3.63) is 40.1 Å². The van der Waals surface area contributed by atoms with Crippen LogP contribution in [0.5, 0.6) is 11.5 Å². The third-order valence-electron chi connectivity index (χ3n) is 3.48. The number of nitrogens with one attached hydrogen (secondary N) is 1. The minimum Gasteiger partial charge on any atom is -0.493 e. The summed E-state index contributed by atoms with van der Waals surface area (Å²) in [6.07, 6.45) is 0.428. The highest BCUT2D eigenvalue weighted by atomic mass is 32.1. The van der Waals surface area contributed by atoms with E-state index in [0.29, 0.717) is 17.9 Å². The van der Waals surface area contributed by atoms with Gasteiger partial charge >= 0.3 is 0 Å². The molecule has 1 aromatic heterocycles. The van der Waals surface area contributed by atoms with E-state index in [9.17, 15) is 4.79 Å². The number of hydrogen-bond donors (Lipinski definition) is 1. The van der Waals surface area contributed by atoms with E-state index in [0.717, 1.165) is 16.1 Å². The Labute approximate surface area is 121 Å². The number of fused-ring (bicyclic) bond motifs is 1. The molecule has 1 aliphatic heterocycles. The third-order valence-corrected chi connectivity index (χ3v) is 4.51.